The fourth-order valence-electron chi connectivity index (χ4n) is 1.45. The van der Waals surface area contributed by atoms with Crippen molar-refractivity contribution in [2.75, 3.05) is 13.1 Å². The Balaban J connectivity index is 0.000000845. The van der Waals surface area contributed by atoms with Gasteiger partial charge in [-0.2, -0.15) is 0 Å². The zero-order chi connectivity index (χ0) is 8.55. The molecule has 2 aliphatic rings. The van der Waals surface area contributed by atoms with E-state index in [0.717, 1.165) is 12.4 Å². The van der Waals surface area contributed by atoms with E-state index in [0.29, 0.717) is 6.54 Å². The fourth-order valence-corrected chi connectivity index (χ4v) is 1.45. The van der Waals surface area contributed by atoms with Crippen molar-refractivity contribution in [2.45, 2.75) is 6.04 Å². The minimum absolute atomic E-state index is 0. The van der Waals surface area contributed by atoms with Gasteiger partial charge >= 0.3 is 5.97 Å². The van der Waals surface area contributed by atoms with Crippen LogP contribution < -0.4 is 5.32 Å². The van der Waals surface area contributed by atoms with Crippen LogP contribution in [0, 0.1) is 0 Å². The van der Waals surface area contributed by atoms with E-state index in [-0.39, 0.29) is 12.4 Å². The molecule has 0 bridgehead atoms. The molecular formula is C8H11ClN2O2. The zero-order valence-electron chi connectivity index (χ0n) is 6.93. The number of hydrogen-bond acceptors (Lipinski definition) is 3. The standard InChI is InChI=1S/C8H10N2O2.ClH/c11-8(12)6-5-10-4-2-1-3-7(10)9-6;/h1-3,6,9H,4-5H2,(H,11,12);1H. The van der Waals surface area contributed by atoms with Gasteiger partial charge in [0.05, 0.1) is 6.54 Å². The molecule has 2 heterocycles. The van der Waals surface area contributed by atoms with Gasteiger partial charge in [-0.25, -0.2) is 4.79 Å². The molecule has 1 atom stereocenters. The van der Waals surface area contributed by atoms with Gasteiger partial charge in [-0.1, -0.05) is 12.2 Å². The molecule has 0 aromatic carbocycles. The highest BCUT2D eigenvalue weighted by Gasteiger charge is 2.30. The van der Waals surface area contributed by atoms with Crippen LogP contribution in [-0.4, -0.2) is 35.1 Å². The van der Waals surface area contributed by atoms with E-state index in [1.54, 1.807) is 0 Å². The van der Waals surface area contributed by atoms with Gasteiger partial charge in [-0.3, -0.25) is 0 Å². The summed E-state index contributed by atoms with van der Waals surface area (Å²) in [6.07, 6.45) is 5.84. The number of carboxylic acids is 1. The van der Waals surface area contributed by atoms with Crippen molar-refractivity contribution in [3.05, 3.63) is 24.0 Å². The van der Waals surface area contributed by atoms with Gasteiger partial charge < -0.3 is 15.3 Å². The first-order chi connectivity index (χ1) is 5.77. The van der Waals surface area contributed by atoms with E-state index in [1.807, 2.05) is 23.1 Å². The summed E-state index contributed by atoms with van der Waals surface area (Å²) in [5.74, 6) is 0.134. The molecule has 13 heavy (non-hydrogen) atoms. The number of carbonyl (C=O) groups is 1. The lowest BCUT2D eigenvalue weighted by Crippen LogP contribution is -2.32. The van der Waals surface area contributed by atoms with Crippen LogP contribution in [0.3, 0.4) is 0 Å². The smallest absolute Gasteiger partial charge is 0.328 e. The van der Waals surface area contributed by atoms with Gasteiger partial charge in [0.2, 0.25) is 0 Å². The Kier molecular flexibility index (Phi) is 2.83. The molecule has 1 unspecified atom stereocenters. The summed E-state index contributed by atoms with van der Waals surface area (Å²) in [6.45, 7) is 1.37. The number of halogens is 1. The van der Waals surface area contributed by atoms with Crippen LogP contribution in [-0.2, 0) is 4.79 Å². The van der Waals surface area contributed by atoms with Crippen molar-refractivity contribution in [3.63, 3.8) is 0 Å². The number of nitrogens with one attached hydrogen (secondary N) is 1. The van der Waals surface area contributed by atoms with Crippen LogP contribution in [0.25, 0.3) is 0 Å². The second-order valence-electron chi connectivity index (χ2n) is 2.92. The predicted octanol–water partition coefficient (Wildman–Crippen LogP) is 0.178. The molecule has 72 valence electrons. The van der Waals surface area contributed by atoms with Gasteiger partial charge in [0, 0.05) is 6.54 Å². The summed E-state index contributed by atoms with van der Waals surface area (Å²) in [7, 11) is 0. The average Bonchev–Trinajstić information content (AvgIpc) is 2.46. The minimum Gasteiger partial charge on any atom is -0.480 e. The van der Waals surface area contributed by atoms with E-state index in [9.17, 15) is 4.79 Å². The zero-order valence-corrected chi connectivity index (χ0v) is 7.75. The topological polar surface area (TPSA) is 52.6 Å². The molecule has 0 spiro atoms. The maximum absolute atomic E-state index is 10.6. The molecule has 4 nitrogen and oxygen atoms in total. The lowest BCUT2D eigenvalue weighted by molar-refractivity contribution is -0.138. The first-order valence-corrected chi connectivity index (χ1v) is 3.88. The number of nitrogens with zero attached hydrogens (tertiary/aromatic N) is 1. The van der Waals surface area contributed by atoms with Crippen LogP contribution >= 0.6 is 12.4 Å². The van der Waals surface area contributed by atoms with Crippen molar-refractivity contribution in [2.24, 2.45) is 0 Å². The van der Waals surface area contributed by atoms with Crippen LogP contribution in [0.15, 0.2) is 24.0 Å². The summed E-state index contributed by atoms with van der Waals surface area (Å²) < 4.78 is 0. The Labute approximate surface area is 82.3 Å². The molecule has 5 heteroatoms. The van der Waals surface area contributed by atoms with E-state index >= 15 is 0 Å². The maximum atomic E-state index is 10.6. The Morgan fingerprint density at radius 3 is 3.08 bits per heavy atom. The molecule has 0 saturated carbocycles. The third-order valence-corrected chi connectivity index (χ3v) is 2.08. The molecule has 2 N–H and O–H groups in total. The van der Waals surface area contributed by atoms with Crippen LogP contribution in [0.4, 0.5) is 0 Å². The van der Waals surface area contributed by atoms with Crippen molar-refractivity contribution < 1.29 is 9.90 Å². The molecule has 0 radical (unpaired) electrons. The molecule has 1 fully saturated rings. The third kappa shape index (κ3) is 1.78. The monoisotopic (exact) mass is 202 g/mol. The lowest BCUT2D eigenvalue weighted by Gasteiger charge is -2.18. The highest BCUT2D eigenvalue weighted by molar-refractivity contribution is 5.85. The van der Waals surface area contributed by atoms with Crippen molar-refractivity contribution in [1.82, 2.24) is 10.2 Å². The number of rotatable bonds is 1. The Hall–Kier alpha value is -1.16. The van der Waals surface area contributed by atoms with Crippen LogP contribution in [0.5, 0.6) is 0 Å². The Bertz CT molecular complexity index is 275. The number of allylic oxidation sites excluding steroid dienone is 2. The third-order valence-electron chi connectivity index (χ3n) is 2.08. The molecule has 0 aliphatic carbocycles. The molecule has 0 aromatic heterocycles. The maximum Gasteiger partial charge on any atom is 0.328 e. The van der Waals surface area contributed by atoms with E-state index in [4.69, 9.17) is 5.11 Å². The normalized spacial score (nSPS) is 24.2. The minimum atomic E-state index is -0.787. The van der Waals surface area contributed by atoms with Gasteiger partial charge in [0.25, 0.3) is 0 Å². The largest absolute Gasteiger partial charge is 0.480 e. The van der Waals surface area contributed by atoms with E-state index in [2.05, 4.69) is 5.32 Å². The second kappa shape index (κ2) is 3.70. The van der Waals surface area contributed by atoms with Crippen molar-refractivity contribution in [3.8, 4) is 0 Å². The first kappa shape index (κ1) is 9.92. The summed E-state index contributed by atoms with van der Waals surface area (Å²) in [5, 5.41) is 11.7. The highest BCUT2D eigenvalue weighted by atomic mass is 35.5. The molecule has 2 aliphatic heterocycles. The summed E-state index contributed by atoms with van der Waals surface area (Å²) in [6, 6.07) is -0.448. The Morgan fingerprint density at radius 1 is 1.69 bits per heavy atom. The highest BCUT2D eigenvalue weighted by Crippen LogP contribution is 2.15. The molecule has 2 rings (SSSR count). The second-order valence-corrected chi connectivity index (χ2v) is 2.92. The number of fused-ring (bicyclic) bond motifs is 1. The summed E-state index contributed by atoms with van der Waals surface area (Å²) in [4.78, 5) is 12.6. The lowest BCUT2D eigenvalue weighted by atomic mass is 10.3. The summed E-state index contributed by atoms with van der Waals surface area (Å²) >= 11 is 0. The van der Waals surface area contributed by atoms with E-state index in [1.165, 1.54) is 0 Å². The quantitative estimate of drug-likeness (QED) is 0.637. The summed E-state index contributed by atoms with van der Waals surface area (Å²) in [5.41, 5.74) is 0. The van der Waals surface area contributed by atoms with Gasteiger partial charge in [0.1, 0.15) is 11.9 Å². The van der Waals surface area contributed by atoms with E-state index < -0.39 is 12.0 Å². The molecule has 0 aromatic rings. The average molecular weight is 203 g/mol. The van der Waals surface area contributed by atoms with Gasteiger partial charge in [-0.05, 0) is 6.08 Å². The predicted molar refractivity (Wildman–Crippen MR) is 50.6 cm³/mol. The molecular weight excluding hydrogens is 192 g/mol. The van der Waals surface area contributed by atoms with Crippen LogP contribution in [0.2, 0.25) is 0 Å². The van der Waals surface area contributed by atoms with Gasteiger partial charge in [0.15, 0.2) is 0 Å². The van der Waals surface area contributed by atoms with Crippen molar-refractivity contribution >= 4 is 18.4 Å². The SMILES string of the molecule is Cl.O=C(O)C1CN2CC=CC=C2N1. The van der Waals surface area contributed by atoms with Crippen molar-refractivity contribution in [1.29, 1.82) is 0 Å². The number of hydrogen-bond donors (Lipinski definition) is 2. The van der Waals surface area contributed by atoms with Gasteiger partial charge in [-0.15, -0.1) is 12.4 Å². The molecule has 1 saturated heterocycles. The number of carboxylic acid groups (broad SMARTS) is 1. The number of aliphatic carboxylic acids is 1. The fraction of sp³-hybridized carbons (Fsp3) is 0.375. The van der Waals surface area contributed by atoms with Crippen LogP contribution in [0.1, 0.15) is 0 Å². The Morgan fingerprint density at radius 2 is 2.46 bits per heavy atom. The first-order valence-electron chi connectivity index (χ1n) is 3.88. The molecule has 0 amide bonds.